The van der Waals surface area contributed by atoms with Gasteiger partial charge in [0.2, 0.25) is 11.8 Å². The highest BCUT2D eigenvalue weighted by molar-refractivity contribution is 5.85. The normalized spacial score (nSPS) is 24.0. The Hall–Kier alpha value is -1.63. The molecule has 0 bridgehead atoms. The van der Waals surface area contributed by atoms with E-state index in [9.17, 15) is 14.4 Å². The summed E-state index contributed by atoms with van der Waals surface area (Å²) in [6.07, 6.45) is 4.11. The second-order valence-corrected chi connectivity index (χ2v) is 6.11. The maximum atomic E-state index is 12.3. The molecule has 0 aromatic rings. The van der Waals surface area contributed by atoms with Crippen molar-refractivity contribution >= 4 is 17.8 Å². The largest absolute Gasteiger partial charge is 0.480 e. The monoisotopic (exact) mass is 312 g/mol. The van der Waals surface area contributed by atoms with Crippen LogP contribution in [0.1, 0.15) is 39.0 Å². The van der Waals surface area contributed by atoms with Crippen molar-refractivity contribution in [2.24, 2.45) is 5.92 Å². The molecule has 22 heavy (non-hydrogen) atoms. The van der Waals surface area contributed by atoms with Crippen LogP contribution in [0.5, 0.6) is 0 Å². The Balaban J connectivity index is 1.84. The molecule has 0 aromatic carbocycles. The number of ether oxygens (including phenoxy) is 1. The van der Waals surface area contributed by atoms with Gasteiger partial charge in [-0.1, -0.05) is 12.8 Å². The van der Waals surface area contributed by atoms with Gasteiger partial charge in [-0.15, -0.1) is 0 Å². The Kier molecular flexibility index (Phi) is 5.76. The highest BCUT2D eigenvalue weighted by atomic mass is 16.5. The molecule has 7 heteroatoms. The summed E-state index contributed by atoms with van der Waals surface area (Å²) < 4.78 is 5.12. The van der Waals surface area contributed by atoms with Gasteiger partial charge < -0.3 is 20.1 Å². The van der Waals surface area contributed by atoms with Gasteiger partial charge in [-0.05, 0) is 19.8 Å². The minimum atomic E-state index is -1.06. The first kappa shape index (κ1) is 16.7. The number of nitrogens with zero attached hydrogens (tertiary/aromatic N) is 1. The molecule has 1 saturated heterocycles. The summed E-state index contributed by atoms with van der Waals surface area (Å²) >= 11 is 0. The van der Waals surface area contributed by atoms with Crippen LogP contribution in [0.3, 0.4) is 0 Å². The first-order chi connectivity index (χ1) is 10.5. The molecule has 2 atom stereocenters. The molecule has 1 heterocycles. The molecule has 0 radical (unpaired) electrons. The minimum Gasteiger partial charge on any atom is -0.480 e. The maximum Gasteiger partial charge on any atom is 0.328 e. The third kappa shape index (κ3) is 4.19. The predicted molar refractivity (Wildman–Crippen MR) is 78.1 cm³/mol. The number of nitrogens with one attached hydrogen (secondary N) is 1. The van der Waals surface area contributed by atoms with E-state index in [2.05, 4.69) is 5.32 Å². The van der Waals surface area contributed by atoms with Crippen molar-refractivity contribution in [3.05, 3.63) is 0 Å². The second kappa shape index (κ2) is 7.58. The summed E-state index contributed by atoms with van der Waals surface area (Å²) in [5.41, 5.74) is 0. The predicted octanol–water partition coefficient (Wildman–Crippen LogP) is 0.383. The molecule has 1 aliphatic carbocycles. The molecule has 2 fully saturated rings. The quantitative estimate of drug-likeness (QED) is 0.765. The van der Waals surface area contributed by atoms with Crippen LogP contribution in [0.4, 0.5) is 0 Å². The summed E-state index contributed by atoms with van der Waals surface area (Å²) in [6.45, 7) is 2.42. The molecular weight excluding hydrogens is 288 g/mol. The van der Waals surface area contributed by atoms with E-state index in [0.29, 0.717) is 6.61 Å². The van der Waals surface area contributed by atoms with Gasteiger partial charge in [0.1, 0.15) is 0 Å². The van der Waals surface area contributed by atoms with Gasteiger partial charge in [0.15, 0.2) is 6.04 Å². The summed E-state index contributed by atoms with van der Waals surface area (Å²) in [5.74, 6) is -1.24. The molecule has 2 N–H and O–H groups in total. The van der Waals surface area contributed by atoms with Crippen LogP contribution < -0.4 is 5.32 Å². The van der Waals surface area contributed by atoms with Gasteiger partial charge in [0.25, 0.3) is 0 Å². The molecule has 2 rings (SSSR count). The Labute approximate surface area is 130 Å². The fraction of sp³-hybridized carbons (Fsp3) is 0.800. The summed E-state index contributed by atoms with van der Waals surface area (Å²) in [6, 6.07) is -1.23. The summed E-state index contributed by atoms with van der Waals surface area (Å²) in [7, 11) is 0. The van der Waals surface area contributed by atoms with Crippen LogP contribution >= 0.6 is 0 Å². The van der Waals surface area contributed by atoms with Crippen LogP contribution in [0.2, 0.25) is 0 Å². The van der Waals surface area contributed by atoms with E-state index in [4.69, 9.17) is 9.84 Å². The van der Waals surface area contributed by atoms with Crippen LogP contribution in [0.15, 0.2) is 0 Å². The number of amides is 2. The maximum absolute atomic E-state index is 12.3. The van der Waals surface area contributed by atoms with Gasteiger partial charge in [-0.25, -0.2) is 4.79 Å². The molecule has 2 unspecified atom stereocenters. The van der Waals surface area contributed by atoms with E-state index in [-0.39, 0.29) is 43.3 Å². The van der Waals surface area contributed by atoms with Crippen molar-refractivity contribution in [2.75, 3.05) is 19.8 Å². The first-order valence-electron chi connectivity index (χ1n) is 7.89. The molecule has 0 aromatic heterocycles. The van der Waals surface area contributed by atoms with Crippen molar-refractivity contribution in [1.82, 2.24) is 10.2 Å². The van der Waals surface area contributed by atoms with Crippen molar-refractivity contribution in [3.63, 3.8) is 0 Å². The third-order valence-electron chi connectivity index (χ3n) is 4.33. The van der Waals surface area contributed by atoms with Crippen molar-refractivity contribution in [3.8, 4) is 0 Å². The Morgan fingerprint density at radius 3 is 2.64 bits per heavy atom. The lowest BCUT2D eigenvalue weighted by atomic mass is 10.1. The number of carboxylic acid groups (broad SMARTS) is 1. The highest BCUT2D eigenvalue weighted by Gasteiger charge is 2.33. The fourth-order valence-corrected chi connectivity index (χ4v) is 3.09. The molecule has 1 saturated carbocycles. The zero-order valence-electron chi connectivity index (χ0n) is 12.9. The average molecular weight is 312 g/mol. The van der Waals surface area contributed by atoms with E-state index in [1.54, 1.807) is 6.92 Å². The lowest BCUT2D eigenvalue weighted by molar-refractivity contribution is -0.158. The van der Waals surface area contributed by atoms with Gasteiger partial charge in [0.05, 0.1) is 13.2 Å². The minimum absolute atomic E-state index is 0.00885. The van der Waals surface area contributed by atoms with Crippen molar-refractivity contribution < 1.29 is 24.2 Å². The summed E-state index contributed by atoms with van der Waals surface area (Å²) in [4.78, 5) is 36.8. The van der Waals surface area contributed by atoms with Crippen molar-refractivity contribution in [1.29, 1.82) is 0 Å². The number of morpholine rings is 1. The van der Waals surface area contributed by atoms with E-state index < -0.39 is 12.0 Å². The van der Waals surface area contributed by atoms with Crippen molar-refractivity contribution in [2.45, 2.75) is 51.1 Å². The molecular formula is C15H24N2O5. The van der Waals surface area contributed by atoms with E-state index in [1.165, 1.54) is 4.90 Å². The van der Waals surface area contributed by atoms with E-state index >= 15 is 0 Å². The highest BCUT2D eigenvalue weighted by Crippen LogP contribution is 2.24. The Morgan fingerprint density at radius 2 is 2.00 bits per heavy atom. The van der Waals surface area contributed by atoms with Gasteiger partial charge in [-0.2, -0.15) is 0 Å². The molecule has 7 nitrogen and oxygen atoms in total. The number of carbonyl (C=O) groups is 3. The fourth-order valence-electron chi connectivity index (χ4n) is 3.09. The first-order valence-corrected chi connectivity index (χ1v) is 7.89. The number of hydrogen-bond acceptors (Lipinski definition) is 4. The van der Waals surface area contributed by atoms with Gasteiger partial charge >= 0.3 is 5.97 Å². The third-order valence-corrected chi connectivity index (χ3v) is 4.33. The Bertz CT molecular complexity index is 434. The van der Waals surface area contributed by atoms with Crippen LogP contribution in [-0.2, 0) is 19.1 Å². The average Bonchev–Trinajstić information content (AvgIpc) is 3.01. The number of aliphatic carboxylic acids is 1. The van der Waals surface area contributed by atoms with E-state index in [1.807, 2.05) is 0 Å². The number of rotatable bonds is 5. The van der Waals surface area contributed by atoms with Crippen LogP contribution in [-0.4, -0.2) is 59.6 Å². The molecule has 2 amide bonds. The SMILES string of the molecule is CC(CC(=O)N1CCOCC1C(=O)O)NC(=O)C1CCCC1. The summed E-state index contributed by atoms with van der Waals surface area (Å²) in [5, 5.41) is 12.0. The molecule has 124 valence electrons. The number of hydrogen-bond donors (Lipinski definition) is 2. The lowest BCUT2D eigenvalue weighted by Gasteiger charge is -2.33. The number of carbonyl (C=O) groups excluding carboxylic acids is 2. The van der Waals surface area contributed by atoms with Gasteiger partial charge in [0, 0.05) is 24.9 Å². The zero-order chi connectivity index (χ0) is 16.1. The second-order valence-electron chi connectivity index (χ2n) is 6.11. The van der Waals surface area contributed by atoms with Crippen LogP contribution in [0, 0.1) is 5.92 Å². The topological polar surface area (TPSA) is 95.9 Å². The van der Waals surface area contributed by atoms with Gasteiger partial charge in [-0.3, -0.25) is 9.59 Å². The van der Waals surface area contributed by atoms with E-state index in [0.717, 1.165) is 25.7 Å². The smallest absolute Gasteiger partial charge is 0.328 e. The molecule has 1 aliphatic heterocycles. The Morgan fingerprint density at radius 1 is 1.32 bits per heavy atom. The standard InChI is InChI=1S/C15H24N2O5/c1-10(16-14(19)11-4-2-3-5-11)8-13(18)17-6-7-22-9-12(17)15(20)21/h10-12H,2-9H2,1H3,(H,16,19)(H,20,21). The van der Waals surface area contributed by atoms with Crippen LogP contribution in [0.25, 0.3) is 0 Å². The number of carboxylic acids is 1. The molecule has 2 aliphatic rings. The lowest BCUT2D eigenvalue weighted by Crippen LogP contribution is -2.53. The zero-order valence-corrected chi connectivity index (χ0v) is 12.9. The molecule has 0 spiro atoms.